The summed E-state index contributed by atoms with van der Waals surface area (Å²) in [5.41, 5.74) is 0. The lowest BCUT2D eigenvalue weighted by Crippen LogP contribution is -2.45. The molecule has 0 aliphatic heterocycles. The van der Waals surface area contributed by atoms with Gasteiger partial charge in [0.15, 0.2) is 0 Å². The van der Waals surface area contributed by atoms with Gasteiger partial charge in [-0.05, 0) is 44.9 Å². The molecule has 8 nitrogen and oxygen atoms in total. The average Bonchev–Trinajstić information content (AvgIpc) is 3.38. The molecule has 0 bridgehead atoms. The molecule has 0 rings (SSSR count). The number of likely N-dealkylation sites (N-methyl/N-ethyl adjacent to an activating group) is 1. The van der Waals surface area contributed by atoms with Crippen LogP contribution in [0.2, 0.25) is 0 Å². The van der Waals surface area contributed by atoms with Crippen LogP contribution in [-0.2, 0) is 18.4 Å². The summed E-state index contributed by atoms with van der Waals surface area (Å²) >= 11 is 0. The lowest BCUT2D eigenvalue weighted by atomic mass is 10.0. The number of quaternary nitrogens is 1. The van der Waals surface area contributed by atoms with E-state index in [1.54, 1.807) is 6.08 Å². The van der Waals surface area contributed by atoms with Crippen molar-refractivity contribution in [2.75, 3.05) is 40.9 Å². The number of nitrogens with zero attached hydrogens (tertiary/aromatic N) is 1. The summed E-state index contributed by atoms with van der Waals surface area (Å²) in [7, 11) is 1.28. The Morgan fingerprint density at radius 3 is 1.03 bits per heavy atom. The van der Waals surface area contributed by atoms with Gasteiger partial charge in [0.25, 0.3) is 7.82 Å². The van der Waals surface area contributed by atoms with Crippen LogP contribution < -0.4 is 10.2 Å². The number of amides is 1. The van der Waals surface area contributed by atoms with E-state index in [1.807, 2.05) is 27.2 Å². The van der Waals surface area contributed by atoms with Gasteiger partial charge in [-0.2, -0.15) is 0 Å². The Kier molecular flexibility index (Phi) is 57.8. The molecule has 2 N–H and O–H groups in total. The van der Waals surface area contributed by atoms with Crippen molar-refractivity contribution in [2.24, 2.45) is 0 Å². The number of unbranched alkanes of at least 4 members (excludes halogenated alkanes) is 48. The minimum atomic E-state index is -4.60. The Labute approximate surface area is 474 Å². The third-order valence-electron chi connectivity index (χ3n) is 15.7. The van der Waals surface area contributed by atoms with Gasteiger partial charge in [-0.15, -0.1) is 0 Å². The molecule has 1 amide bonds. The van der Waals surface area contributed by atoms with E-state index in [0.29, 0.717) is 17.4 Å². The van der Waals surface area contributed by atoms with Crippen LogP contribution >= 0.6 is 7.82 Å². The van der Waals surface area contributed by atoms with Crippen LogP contribution in [0.5, 0.6) is 0 Å². The highest BCUT2D eigenvalue weighted by Gasteiger charge is 2.23. The molecule has 0 saturated carbocycles. The van der Waals surface area contributed by atoms with Gasteiger partial charge >= 0.3 is 0 Å². The van der Waals surface area contributed by atoms with Crippen LogP contribution in [0.3, 0.4) is 0 Å². The molecule has 0 aromatic rings. The Hall–Kier alpha value is -1.02. The maximum atomic E-state index is 13.0. The van der Waals surface area contributed by atoms with Crippen molar-refractivity contribution >= 4 is 13.7 Å². The Bertz CT molecular complexity index is 1290. The monoisotopic (exact) mass is 1090 g/mol. The molecule has 9 heteroatoms. The highest BCUT2D eigenvalue weighted by atomic mass is 31.2. The molecule has 3 unspecified atom stereocenters. The SMILES string of the molecule is CCCCCCCCCC/C=C\CCCCCCCCCCCCCCCCCCCCCCCCCC(=O)NC(COP(=O)([O-])OCC[N+](C)(C)C)C(O)/C=C/CCCCCCCCCCCCCCCCCCC. The smallest absolute Gasteiger partial charge is 0.268 e. The van der Waals surface area contributed by atoms with Gasteiger partial charge < -0.3 is 28.8 Å². The van der Waals surface area contributed by atoms with E-state index < -0.39 is 20.0 Å². The fourth-order valence-electron chi connectivity index (χ4n) is 10.4. The normalized spacial score (nSPS) is 13.8. The number of nitrogens with one attached hydrogen (secondary N) is 1. The zero-order valence-electron chi connectivity index (χ0n) is 51.7. The van der Waals surface area contributed by atoms with E-state index in [9.17, 15) is 19.4 Å². The highest BCUT2D eigenvalue weighted by molar-refractivity contribution is 7.45. The topological polar surface area (TPSA) is 108 Å². The van der Waals surface area contributed by atoms with Gasteiger partial charge in [-0.25, -0.2) is 0 Å². The molecule has 0 radical (unpaired) electrons. The number of rotatable bonds is 63. The molecule has 0 spiro atoms. The third-order valence-corrected chi connectivity index (χ3v) is 16.6. The number of aliphatic hydroxyl groups is 1. The second-order valence-corrected chi connectivity index (χ2v) is 25.9. The third kappa shape index (κ3) is 60.6. The standard InChI is InChI=1S/C67H133N2O6P/c1-6-8-10-12-14-16-18-20-22-24-26-27-28-29-30-31-32-33-34-35-36-37-38-39-40-41-43-45-47-49-51-53-55-57-59-61-67(71)68-65(64-75-76(72,73)74-63-62-69(3,4)5)66(70)60-58-56-54-52-50-48-46-44-42-25-23-21-19-17-15-13-11-9-7-2/h24,26,58,60,65-66,70H,6-23,25,27-57,59,61-64H2,1-5H3,(H-,68,71,72,73)/b26-24-,60-58+. The van der Waals surface area contributed by atoms with Gasteiger partial charge in [0.1, 0.15) is 13.2 Å². The number of allylic oxidation sites excluding steroid dienone is 3. The van der Waals surface area contributed by atoms with Crippen molar-refractivity contribution in [1.29, 1.82) is 0 Å². The van der Waals surface area contributed by atoms with E-state index in [0.717, 1.165) is 38.5 Å². The molecule has 76 heavy (non-hydrogen) atoms. The van der Waals surface area contributed by atoms with Gasteiger partial charge in [0.2, 0.25) is 5.91 Å². The van der Waals surface area contributed by atoms with E-state index >= 15 is 0 Å². The van der Waals surface area contributed by atoms with Gasteiger partial charge in [0.05, 0.1) is 39.9 Å². The lowest BCUT2D eigenvalue weighted by Gasteiger charge is -2.29. The molecule has 0 aromatic heterocycles. The van der Waals surface area contributed by atoms with Crippen molar-refractivity contribution in [1.82, 2.24) is 5.32 Å². The fourth-order valence-corrected chi connectivity index (χ4v) is 11.1. The zero-order chi connectivity index (χ0) is 55.6. The summed E-state index contributed by atoms with van der Waals surface area (Å²) < 4.78 is 23.4. The van der Waals surface area contributed by atoms with E-state index in [2.05, 4.69) is 31.3 Å². The summed E-state index contributed by atoms with van der Waals surface area (Å²) in [6.07, 6.45) is 75.8. The molecule has 0 aliphatic carbocycles. The first-order valence-corrected chi connectivity index (χ1v) is 35.2. The number of carbonyl (C=O) groups is 1. The predicted molar refractivity (Wildman–Crippen MR) is 330 cm³/mol. The average molecular weight is 1090 g/mol. The van der Waals surface area contributed by atoms with E-state index in [-0.39, 0.29) is 19.1 Å². The number of phosphoric ester groups is 1. The Morgan fingerprint density at radius 2 is 0.724 bits per heavy atom. The minimum absolute atomic E-state index is 0.00200. The van der Waals surface area contributed by atoms with Crippen molar-refractivity contribution < 1.29 is 32.9 Å². The summed E-state index contributed by atoms with van der Waals surface area (Å²) in [5, 5.41) is 13.9. The number of hydrogen-bond acceptors (Lipinski definition) is 6. The van der Waals surface area contributed by atoms with Gasteiger partial charge in [0, 0.05) is 6.42 Å². The molecule has 0 saturated heterocycles. The van der Waals surface area contributed by atoms with Gasteiger partial charge in [-0.3, -0.25) is 9.36 Å². The first-order chi connectivity index (χ1) is 37.0. The quantitative estimate of drug-likeness (QED) is 0.0272. The highest BCUT2D eigenvalue weighted by Crippen LogP contribution is 2.38. The lowest BCUT2D eigenvalue weighted by molar-refractivity contribution is -0.870. The Balaban J connectivity index is 3.97. The second-order valence-electron chi connectivity index (χ2n) is 24.5. The number of carbonyl (C=O) groups excluding carboxylic acids is 1. The molecule has 0 heterocycles. The fraction of sp³-hybridized carbons (Fsp3) is 0.925. The van der Waals surface area contributed by atoms with Crippen molar-refractivity contribution in [3.05, 3.63) is 24.3 Å². The minimum Gasteiger partial charge on any atom is -0.756 e. The van der Waals surface area contributed by atoms with Crippen LogP contribution in [0.15, 0.2) is 24.3 Å². The summed E-state index contributed by atoms with van der Waals surface area (Å²) in [6, 6.07) is -0.884. The summed E-state index contributed by atoms with van der Waals surface area (Å²) in [6.45, 7) is 4.70. The summed E-state index contributed by atoms with van der Waals surface area (Å²) in [4.78, 5) is 25.6. The maximum absolute atomic E-state index is 13.0. The first kappa shape index (κ1) is 75.0. The van der Waals surface area contributed by atoms with Crippen LogP contribution in [0.1, 0.15) is 348 Å². The number of hydrogen-bond donors (Lipinski definition) is 2. The van der Waals surface area contributed by atoms with Crippen LogP contribution in [0, 0.1) is 0 Å². The predicted octanol–water partition coefficient (Wildman–Crippen LogP) is 20.5. The van der Waals surface area contributed by atoms with Gasteiger partial charge in [-0.1, -0.05) is 321 Å². The molecule has 0 aromatic carbocycles. The van der Waals surface area contributed by atoms with Crippen molar-refractivity contribution in [2.45, 2.75) is 360 Å². The number of phosphoric acid groups is 1. The van der Waals surface area contributed by atoms with Crippen molar-refractivity contribution in [3.63, 3.8) is 0 Å². The van der Waals surface area contributed by atoms with E-state index in [4.69, 9.17) is 9.05 Å². The number of aliphatic hydroxyl groups excluding tert-OH is 1. The summed E-state index contributed by atoms with van der Waals surface area (Å²) in [5.74, 6) is -0.189. The zero-order valence-corrected chi connectivity index (χ0v) is 52.6. The van der Waals surface area contributed by atoms with Crippen LogP contribution in [0.25, 0.3) is 0 Å². The van der Waals surface area contributed by atoms with Crippen LogP contribution in [-0.4, -0.2) is 68.5 Å². The molecule has 3 atom stereocenters. The molecule has 452 valence electrons. The maximum Gasteiger partial charge on any atom is 0.268 e. The molecular weight excluding hydrogens is 960 g/mol. The van der Waals surface area contributed by atoms with Crippen molar-refractivity contribution in [3.8, 4) is 0 Å². The first-order valence-electron chi connectivity index (χ1n) is 33.7. The molecule has 0 aliphatic rings. The van der Waals surface area contributed by atoms with Crippen LogP contribution in [0.4, 0.5) is 0 Å². The Morgan fingerprint density at radius 1 is 0.447 bits per heavy atom. The largest absolute Gasteiger partial charge is 0.756 e. The van der Waals surface area contributed by atoms with E-state index in [1.165, 1.54) is 289 Å². The second kappa shape index (κ2) is 58.6. The molecular formula is C67H133N2O6P. The molecule has 0 fully saturated rings.